The van der Waals surface area contributed by atoms with Crippen LogP contribution >= 0.6 is 15.9 Å². The van der Waals surface area contributed by atoms with Crippen LogP contribution in [0.3, 0.4) is 0 Å². The number of rotatable bonds is 6. The maximum absolute atomic E-state index is 10.9. The van der Waals surface area contributed by atoms with Crippen LogP contribution in [0.2, 0.25) is 0 Å². The van der Waals surface area contributed by atoms with Gasteiger partial charge in [-0.3, -0.25) is 4.98 Å². The van der Waals surface area contributed by atoms with E-state index in [0.29, 0.717) is 5.56 Å². The van der Waals surface area contributed by atoms with Crippen LogP contribution < -0.4 is 0 Å². The molecule has 0 amide bonds. The molecule has 5 heteroatoms. The highest BCUT2D eigenvalue weighted by atomic mass is 79.9. The smallest absolute Gasteiger partial charge is 0.335 e. The number of hydrogen-bond acceptors (Lipinski definition) is 3. The predicted molar refractivity (Wildman–Crippen MR) is 85.4 cm³/mol. The first kappa shape index (κ1) is 15.7. The molecule has 21 heavy (non-hydrogen) atoms. The Morgan fingerprint density at radius 1 is 1.33 bits per heavy atom. The Morgan fingerprint density at radius 3 is 2.76 bits per heavy atom. The Kier molecular flexibility index (Phi) is 5.47. The number of carbonyl (C=O) groups is 1. The number of carboxylic acids is 1. The molecule has 0 aliphatic rings. The molecule has 1 N–H and O–H groups in total. The van der Waals surface area contributed by atoms with Crippen molar-refractivity contribution in [2.45, 2.75) is 13.0 Å². The van der Waals surface area contributed by atoms with Crippen molar-refractivity contribution in [3.8, 4) is 0 Å². The van der Waals surface area contributed by atoms with E-state index in [9.17, 15) is 4.79 Å². The highest BCUT2D eigenvalue weighted by Crippen LogP contribution is 2.20. The van der Waals surface area contributed by atoms with Crippen LogP contribution in [-0.2, 0) is 13.0 Å². The summed E-state index contributed by atoms with van der Waals surface area (Å²) in [7, 11) is 2.04. The molecule has 1 aromatic carbocycles. The summed E-state index contributed by atoms with van der Waals surface area (Å²) in [6.45, 7) is 1.65. The second-order valence-corrected chi connectivity index (χ2v) is 5.77. The first-order valence-corrected chi connectivity index (χ1v) is 7.46. The molecule has 0 aliphatic heterocycles. The molecule has 0 bridgehead atoms. The second-order valence-electron chi connectivity index (χ2n) is 4.92. The highest BCUT2D eigenvalue weighted by Gasteiger charge is 2.09. The van der Waals surface area contributed by atoms with Crippen molar-refractivity contribution in [2.75, 3.05) is 13.6 Å². The summed E-state index contributed by atoms with van der Waals surface area (Å²) in [6.07, 6.45) is 2.69. The summed E-state index contributed by atoms with van der Waals surface area (Å²) in [5, 5.41) is 8.95. The lowest BCUT2D eigenvalue weighted by Gasteiger charge is -2.17. The summed E-state index contributed by atoms with van der Waals surface area (Å²) in [5.74, 6) is -0.911. The number of aromatic carboxylic acids is 1. The Hall–Kier alpha value is -1.72. The normalized spacial score (nSPS) is 10.8. The molecule has 0 aliphatic carbocycles. The fourth-order valence-electron chi connectivity index (χ4n) is 2.03. The molecule has 0 spiro atoms. The molecule has 2 aromatic rings. The summed E-state index contributed by atoms with van der Waals surface area (Å²) in [5.41, 5.74) is 2.44. The standard InChI is InChI=1S/C16H17BrN2O2/c1-19(9-7-14-4-2-3-8-18-14)11-13-6-5-12(16(20)21)10-15(13)17/h2-6,8,10H,7,9,11H2,1H3,(H,20,21). The van der Waals surface area contributed by atoms with E-state index in [0.717, 1.165) is 35.2 Å². The van der Waals surface area contributed by atoms with Gasteiger partial charge in [-0.2, -0.15) is 0 Å². The van der Waals surface area contributed by atoms with Gasteiger partial charge in [0.1, 0.15) is 0 Å². The third-order valence-corrected chi connectivity index (χ3v) is 3.95. The SMILES string of the molecule is CN(CCc1ccccn1)Cc1ccc(C(=O)O)cc1Br. The van der Waals surface area contributed by atoms with Crippen LogP contribution in [0.1, 0.15) is 21.6 Å². The van der Waals surface area contributed by atoms with Crippen LogP contribution in [0.5, 0.6) is 0 Å². The largest absolute Gasteiger partial charge is 0.478 e. The fraction of sp³-hybridized carbons (Fsp3) is 0.250. The molecule has 0 atom stereocenters. The average Bonchev–Trinajstić information content (AvgIpc) is 2.48. The van der Waals surface area contributed by atoms with E-state index in [4.69, 9.17) is 5.11 Å². The molecule has 0 saturated carbocycles. The van der Waals surface area contributed by atoms with Gasteiger partial charge in [-0.1, -0.05) is 28.1 Å². The molecular formula is C16H17BrN2O2. The van der Waals surface area contributed by atoms with Crippen LogP contribution in [0.15, 0.2) is 47.1 Å². The first-order valence-electron chi connectivity index (χ1n) is 6.66. The van der Waals surface area contributed by atoms with E-state index in [2.05, 4.69) is 25.8 Å². The lowest BCUT2D eigenvalue weighted by molar-refractivity contribution is 0.0697. The number of carboxylic acid groups (broad SMARTS) is 1. The predicted octanol–water partition coefficient (Wildman–Crippen LogP) is 3.22. The van der Waals surface area contributed by atoms with E-state index < -0.39 is 5.97 Å². The Balaban J connectivity index is 1.93. The fourth-order valence-corrected chi connectivity index (χ4v) is 2.53. The molecule has 0 fully saturated rings. The number of likely N-dealkylation sites (N-methyl/N-ethyl adjacent to an activating group) is 1. The van der Waals surface area contributed by atoms with Crippen LogP contribution in [-0.4, -0.2) is 34.6 Å². The summed E-state index contributed by atoms with van der Waals surface area (Å²) in [6, 6.07) is 11.0. The van der Waals surface area contributed by atoms with Crippen molar-refractivity contribution < 1.29 is 9.90 Å². The number of pyridine rings is 1. The highest BCUT2D eigenvalue weighted by molar-refractivity contribution is 9.10. The van der Waals surface area contributed by atoms with E-state index in [1.54, 1.807) is 18.3 Å². The zero-order chi connectivity index (χ0) is 15.2. The molecule has 4 nitrogen and oxygen atoms in total. The van der Waals surface area contributed by atoms with Crippen molar-refractivity contribution in [3.05, 3.63) is 63.9 Å². The van der Waals surface area contributed by atoms with Gasteiger partial charge in [0.2, 0.25) is 0 Å². The van der Waals surface area contributed by atoms with Gasteiger partial charge < -0.3 is 10.0 Å². The van der Waals surface area contributed by atoms with E-state index in [1.807, 2.05) is 31.3 Å². The summed E-state index contributed by atoms with van der Waals surface area (Å²) in [4.78, 5) is 17.4. The molecular weight excluding hydrogens is 332 g/mol. The topological polar surface area (TPSA) is 53.4 Å². The molecule has 1 aromatic heterocycles. The molecule has 0 unspecified atom stereocenters. The van der Waals surface area contributed by atoms with Gasteiger partial charge in [0, 0.05) is 35.9 Å². The Morgan fingerprint density at radius 2 is 2.14 bits per heavy atom. The zero-order valence-corrected chi connectivity index (χ0v) is 13.4. The minimum absolute atomic E-state index is 0.293. The van der Waals surface area contributed by atoms with Gasteiger partial charge in [-0.15, -0.1) is 0 Å². The van der Waals surface area contributed by atoms with Gasteiger partial charge in [0.15, 0.2) is 0 Å². The van der Waals surface area contributed by atoms with Gasteiger partial charge in [-0.05, 0) is 36.9 Å². The van der Waals surface area contributed by atoms with Crippen LogP contribution in [0.25, 0.3) is 0 Å². The summed E-state index contributed by atoms with van der Waals surface area (Å²) >= 11 is 3.44. The third-order valence-electron chi connectivity index (χ3n) is 3.22. The zero-order valence-electron chi connectivity index (χ0n) is 11.8. The van der Waals surface area contributed by atoms with Crippen molar-refractivity contribution in [2.24, 2.45) is 0 Å². The number of nitrogens with zero attached hydrogens (tertiary/aromatic N) is 2. The van der Waals surface area contributed by atoms with Gasteiger partial charge in [0.25, 0.3) is 0 Å². The van der Waals surface area contributed by atoms with Crippen molar-refractivity contribution >= 4 is 21.9 Å². The van der Waals surface area contributed by atoms with Crippen LogP contribution in [0, 0.1) is 0 Å². The van der Waals surface area contributed by atoms with E-state index in [1.165, 1.54) is 0 Å². The Bertz CT molecular complexity index is 617. The maximum atomic E-state index is 10.9. The lowest BCUT2D eigenvalue weighted by atomic mass is 10.1. The number of hydrogen-bond donors (Lipinski definition) is 1. The van der Waals surface area contributed by atoms with E-state index in [-0.39, 0.29) is 0 Å². The molecule has 0 radical (unpaired) electrons. The molecule has 2 rings (SSSR count). The summed E-state index contributed by atoms with van der Waals surface area (Å²) < 4.78 is 0.826. The second kappa shape index (κ2) is 7.33. The minimum atomic E-state index is -0.911. The number of aromatic nitrogens is 1. The quantitative estimate of drug-likeness (QED) is 0.870. The van der Waals surface area contributed by atoms with Gasteiger partial charge in [-0.25, -0.2) is 4.79 Å². The van der Waals surface area contributed by atoms with Crippen molar-refractivity contribution in [1.82, 2.24) is 9.88 Å². The average molecular weight is 349 g/mol. The first-order chi connectivity index (χ1) is 10.1. The molecule has 110 valence electrons. The van der Waals surface area contributed by atoms with Gasteiger partial charge >= 0.3 is 5.97 Å². The number of benzene rings is 1. The monoisotopic (exact) mass is 348 g/mol. The van der Waals surface area contributed by atoms with E-state index >= 15 is 0 Å². The molecule has 1 heterocycles. The van der Waals surface area contributed by atoms with Gasteiger partial charge in [0.05, 0.1) is 5.56 Å². The van der Waals surface area contributed by atoms with Crippen LogP contribution in [0.4, 0.5) is 0 Å². The Labute approximate surface area is 132 Å². The third kappa shape index (κ3) is 4.65. The minimum Gasteiger partial charge on any atom is -0.478 e. The number of halogens is 1. The lowest BCUT2D eigenvalue weighted by Crippen LogP contribution is -2.21. The van der Waals surface area contributed by atoms with Crippen molar-refractivity contribution in [3.63, 3.8) is 0 Å². The maximum Gasteiger partial charge on any atom is 0.335 e. The van der Waals surface area contributed by atoms with Crippen molar-refractivity contribution in [1.29, 1.82) is 0 Å². The molecule has 0 saturated heterocycles.